The Morgan fingerprint density at radius 2 is 2.17 bits per heavy atom. The smallest absolute Gasteiger partial charge is 0.244 e. The molecule has 1 aliphatic heterocycles. The lowest BCUT2D eigenvalue weighted by atomic mass is 9.87. The largest absolute Gasteiger partial charge is 0.468 e. The van der Waals surface area contributed by atoms with Gasteiger partial charge in [0.2, 0.25) is 11.8 Å². The summed E-state index contributed by atoms with van der Waals surface area (Å²) >= 11 is 0. The van der Waals surface area contributed by atoms with Crippen molar-refractivity contribution in [3.05, 3.63) is 65.6 Å². The second kappa shape index (κ2) is 5.03. The van der Waals surface area contributed by atoms with Gasteiger partial charge in [0.25, 0.3) is 0 Å². The van der Waals surface area contributed by atoms with Crippen LogP contribution in [0, 0.1) is 11.3 Å². The third-order valence-corrected chi connectivity index (χ3v) is 3.69. The average molecular weight is 305 g/mol. The number of pyridine rings is 1. The summed E-state index contributed by atoms with van der Waals surface area (Å²) < 4.78 is 11.0. The zero-order chi connectivity index (χ0) is 15.8. The van der Waals surface area contributed by atoms with Crippen LogP contribution in [0.1, 0.15) is 17.2 Å². The lowest BCUT2D eigenvalue weighted by Crippen LogP contribution is -2.20. The van der Waals surface area contributed by atoms with E-state index in [1.54, 1.807) is 24.6 Å². The second-order valence-electron chi connectivity index (χ2n) is 4.97. The van der Waals surface area contributed by atoms with Gasteiger partial charge in [0.15, 0.2) is 0 Å². The van der Waals surface area contributed by atoms with E-state index in [0.717, 1.165) is 0 Å². The van der Waals surface area contributed by atoms with Crippen molar-refractivity contribution >= 4 is 0 Å². The summed E-state index contributed by atoms with van der Waals surface area (Å²) in [6.45, 7) is 0. The number of aromatic nitrogens is 3. The lowest BCUT2D eigenvalue weighted by Gasteiger charge is -2.21. The van der Waals surface area contributed by atoms with Crippen LogP contribution < -0.4 is 10.5 Å². The highest BCUT2D eigenvalue weighted by molar-refractivity contribution is 5.67. The number of nitrogens with one attached hydrogen (secondary N) is 1. The fourth-order valence-corrected chi connectivity index (χ4v) is 2.69. The van der Waals surface area contributed by atoms with Crippen molar-refractivity contribution in [1.29, 1.82) is 5.26 Å². The molecule has 0 saturated heterocycles. The average Bonchev–Trinajstić information content (AvgIpc) is 3.24. The second-order valence-corrected chi connectivity index (χ2v) is 4.97. The molecular weight excluding hydrogens is 294 g/mol. The number of hydrogen-bond acceptors (Lipinski definition) is 6. The molecule has 0 unspecified atom stereocenters. The first-order chi connectivity index (χ1) is 11.3. The molecule has 0 spiro atoms. The first-order valence-electron chi connectivity index (χ1n) is 6.90. The lowest BCUT2D eigenvalue weighted by molar-refractivity contribution is 0.371. The Morgan fingerprint density at radius 3 is 2.87 bits per heavy atom. The molecule has 0 amide bonds. The molecule has 4 heterocycles. The number of nitrogens with zero attached hydrogens (tertiary/aromatic N) is 3. The van der Waals surface area contributed by atoms with Gasteiger partial charge in [0, 0.05) is 6.20 Å². The number of nitriles is 1. The van der Waals surface area contributed by atoms with Gasteiger partial charge in [-0.25, -0.2) is 0 Å². The van der Waals surface area contributed by atoms with E-state index in [-0.39, 0.29) is 11.5 Å². The quantitative estimate of drug-likeness (QED) is 0.750. The topological polar surface area (TPSA) is 114 Å². The molecule has 3 aromatic heterocycles. The number of nitrogens with two attached hydrogens (primary N) is 1. The van der Waals surface area contributed by atoms with Gasteiger partial charge in [0.05, 0.1) is 29.1 Å². The minimum atomic E-state index is -0.491. The minimum absolute atomic E-state index is 0.0282. The van der Waals surface area contributed by atoms with E-state index >= 15 is 0 Å². The molecule has 1 atom stereocenters. The van der Waals surface area contributed by atoms with Crippen LogP contribution in [-0.2, 0) is 0 Å². The van der Waals surface area contributed by atoms with Crippen LogP contribution >= 0.6 is 0 Å². The van der Waals surface area contributed by atoms with Gasteiger partial charge in [-0.1, -0.05) is 6.07 Å². The van der Waals surface area contributed by atoms with E-state index in [2.05, 4.69) is 21.3 Å². The minimum Gasteiger partial charge on any atom is -0.468 e. The zero-order valence-electron chi connectivity index (χ0n) is 11.9. The molecule has 0 bridgehead atoms. The molecule has 112 valence electrons. The predicted molar refractivity (Wildman–Crippen MR) is 79.8 cm³/mol. The van der Waals surface area contributed by atoms with Crippen LogP contribution in [0.25, 0.3) is 11.4 Å². The van der Waals surface area contributed by atoms with E-state index < -0.39 is 5.92 Å². The molecule has 0 aliphatic carbocycles. The number of ether oxygens (including phenoxy) is 1. The van der Waals surface area contributed by atoms with E-state index in [4.69, 9.17) is 14.9 Å². The van der Waals surface area contributed by atoms with Crippen molar-refractivity contribution in [2.45, 2.75) is 5.92 Å². The standard InChI is InChI=1S/C16H11N5O2/c17-8-9-12(11-5-3-7-22-11)13-14(10-4-1-2-6-19-10)20-21-16(13)23-15(9)18/h1-7,12H,18H2,(H,20,21)/t12-/m1/s1. The number of allylic oxidation sites excluding steroid dienone is 1. The van der Waals surface area contributed by atoms with Crippen molar-refractivity contribution in [3.8, 4) is 23.3 Å². The van der Waals surface area contributed by atoms with E-state index in [1.807, 2.05) is 18.2 Å². The first kappa shape index (κ1) is 13.2. The Kier molecular flexibility index (Phi) is 2.88. The van der Waals surface area contributed by atoms with Gasteiger partial charge in [-0.2, -0.15) is 5.26 Å². The van der Waals surface area contributed by atoms with Crippen LogP contribution in [0.2, 0.25) is 0 Å². The van der Waals surface area contributed by atoms with Crippen molar-refractivity contribution in [1.82, 2.24) is 15.2 Å². The summed E-state index contributed by atoms with van der Waals surface area (Å²) in [5.41, 5.74) is 8.20. The maximum atomic E-state index is 9.50. The zero-order valence-corrected chi connectivity index (χ0v) is 11.9. The molecule has 7 heteroatoms. The molecule has 0 radical (unpaired) electrons. The Balaban J connectivity index is 1.96. The summed E-state index contributed by atoms with van der Waals surface area (Å²) in [5.74, 6) is 0.450. The third kappa shape index (κ3) is 1.97. The number of hydrogen-bond donors (Lipinski definition) is 2. The van der Waals surface area contributed by atoms with E-state index in [1.165, 1.54) is 0 Å². The Morgan fingerprint density at radius 1 is 1.26 bits per heavy atom. The molecule has 7 nitrogen and oxygen atoms in total. The molecule has 3 N–H and O–H groups in total. The highest BCUT2D eigenvalue weighted by Gasteiger charge is 2.37. The maximum Gasteiger partial charge on any atom is 0.244 e. The van der Waals surface area contributed by atoms with Crippen molar-refractivity contribution in [2.24, 2.45) is 5.73 Å². The van der Waals surface area contributed by atoms with Crippen LogP contribution in [0.5, 0.6) is 5.88 Å². The Hall–Kier alpha value is -3.53. The molecule has 23 heavy (non-hydrogen) atoms. The van der Waals surface area contributed by atoms with Crippen LogP contribution in [0.4, 0.5) is 0 Å². The van der Waals surface area contributed by atoms with Crippen LogP contribution in [-0.4, -0.2) is 15.2 Å². The maximum absolute atomic E-state index is 9.50. The number of rotatable bonds is 2. The fourth-order valence-electron chi connectivity index (χ4n) is 2.69. The molecule has 0 aromatic carbocycles. The van der Waals surface area contributed by atoms with Crippen LogP contribution in [0.3, 0.4) is 0 Å². The van der Waals surface area contributed by atoms with Crippen molar-refractivity contribution in [2.75, 3.05) is 0 Å². The molecule has 1 aliphatic rings. The number of fused-ring (bicyclic) bond motifs is 1. The predicted octanol–water partition coefficient (Wildman–Crippen LogP) is 2.28. The summed E-state index contributed by atoms with van der Waals surface area (Å²) in [7, 11) is 0. The van der Waals surface area contributed by atoms with Gasteiger partial charge < -0.3 is 14.9 Å². The van der Waals surface area contributed by atoms with Gasteiger partial charge in [0.1, 0.15) is 17.4 Å². The van der Waals surface area contributed by atoms with Gasteiger partial charge >= 0.3 is 0 Å². The Bertz CT molecular complexity index is 919. The van der Waals surface area contributed by atoms with E-state index in [9.17, 15) is 5.26 Å². The van der Waals surface area contributed by atoms with Crippen molar-refractivity contribution < 1.29 is 9.15 Å². The molecule has 4 rings (SSSR count). The number of H-pyrrole nitrogens is 1. The third-order valence-electron chi connectivity index (χ3n) is 3.69. The van der Waals surface area contributed by atoms with Gasteiger partial charge in [-0.15, -0.1) is 5.10 Å². The molecule has 3 aromatic rings. The van der Waals surface area contributed by atoms with Gasteiger partial charge in [-0.05, 0) is 24.3 Å². The summed E-state index contributed by atoms with van der Waals surface area (Å²) in [5, 5.41) is 16.6. The molecular formula is C16H11N5O2. The molecule has 0 fully saturated rings. The highest BCUT2D eigenvalue weighted by Crippen LogP contribution is 2.45. The summed E-state index contributed by atoms with van der Waals surface area (Å²) in [6.07, 6.45) is 3.24. The Labute approximate surface area is 131 Å². The first-order valence-corrected chi connectivity index (χ1v) is 6.90. The van der Waals surface area contributed by atoms with Gasteiger partial charge in [-0.3, -0.25) is 10.1 Å². The monoisotopic (exact) mass is 305 g/mol. The molecule has 0 saturated carbocycles. The number of aromatic amines is 1. The normalized spacial score (nSPS) is 16.6. The number of furan rings is 1. The summed E-state index contributed by atoms with van der Waals surface area (Å²) in [4.78, 5) is 4.33. The summed E-state index contributed by atoms with van der Waals surface area (Å²) in [6, 6.07) is 11.2. The van der Waals surface area contributed by atoms with Crippen LogP contribution in [0.15, 0.2) is 58.7 Å². The highest BCUT2D eigenvalue weighted by atomic mass is 16.5. The van der Waals surface area contributed by atoms with E-state index in [0.29, 0.717) is 28.6 Å². The fraction of sp³-hybridized carbons (Fsp3) is 0.0625. The van der Waals surface area contributed by atoms with Crippen molar-refractivity contribution in [3.63, 3.8) is 0 Å². The SMILES string of the molecule is N#CC1=C(N)Oc2n[nH]c(-c3ccccn3)c2[C@H]1c1ccco1.